The lowest BCUT2D eigenvalue weighted by Crippen LogP contribution is -2.06. The fourth-order valence-corrected chi connectivity index (χ4v) is 1.76. The Kier molecular flexibility index (Phi) is 3.59. The van der Waals surface area contributed by atoms with Gasteiger partial charge in [-0.15, -0.1) is 0 Å². The van der Waals surface area contributed by atoms with E-state index in [0.717, 1.165) is 11.3 Å². The van der Waals surface area contributed by atoms with Crippen molar-refractivity contribution >= 4 is 5.69 Å². The van der Waals surface area contributed by atoms with Crippen molar-refractivity contribution in [3.05, 3.63) is 65.5 Å². The highest BCUT2D eigenvalue weighted by Gasteiger charge is 2.05. The molecule has 18 heavy (non-hydrogen) atoms. The number of nitriles is 1. The number of nitrogens with one attached hydrogen (secondary N) is 1. The molecule has 0 spiro atoms. The van der Waals surface area contributed by atoms with Crippen LogP contribution >= 0.6 is 0 Å². The summed E-state index contributed by atoms with van der Waals surface area (Å²) in [6, 6.07) is 15.8. The molecule has 90 valence electrons. The third-order valence-corrected chi connectivity index (χ3v) is 2.74. The van der Waals surface area contributed by atoms with Gasteiger partial charge in [0, 0.05) is 11.7 Å². The first-order chi connectivity index (χ1) is 8.69. The molecule has 1 N–H and O–H groups in total. The summed E-state index contributed by atoms with van der Waals surface area (Å²) >= 11 is 0. The Morgan fingerprint density at radius 3 is 2.56 bits per heavy atom. The van der Waals surface area contributed by atoms with Gasteiger partial charge in [-0.3, -0.25) is 0 Å². The fraction of sp³-hybridized carbons (Fsp3) is 0.133. The van der Waals surface area contributed by atoms with Gasteiger partial charge in [-0.25, -0.2) is 4.39 Å². The molecule has 2 nitrogen and oxygen atoms in total. The Morgan fingerprint density at radius 2 is 1.89 bits per heavy atom. The van der Waals surface area contributed by atoms with Crippen LogP contribution in [0.4, 0.5) is 10.1 Å². The molecule has 2 aromatic rings. The first kappa shape index (κ1) is 12.1. The zero-order valence-corrected chi connectivity index (χ0v) is 10.0. The third kappa shape index (κ3) is 2.86. The van der Waals surface area contributed by atoms with Crippen molar-refractivity contribution in [1.29, 1.82) is 5.26 Å². The highest BCUT2D eigenvalue weighted by Crippen LogP contribution is 2.20. The molecule has 0 amide bonds. The molecule has 2 rings (SSSR count). The molecule has 0 bridgehead atoms. The predicted molar refractivity (Wildman–Crippen MR) is 69.6 cm³/mol. The topological polar surface area (TPSA) is 35.8 Å². The van der Waals surface area contributed by atoms with Crippen molar-refractivity contribution in [2.24, 2.45) is 0 Å². The van der Waals surface area contributed by atoms with Crippen molar-refractivity contribution in [2.75, 3.05) is 5.32 Å². The van der Waals surface area contributed by atoms with E-state index in [1.54, 1.807) is 18.2 Å². The number of nitrogens with zero attached hydrogens (tertiary/aromatic N) is 1. The van der Waals surface area contributed by atoms with E-state index in [0.29, 0.717) is 5.56 Å². The number of halogens is 1. The van der Waals surface area contributed by atoms with E-state index < -0.39 is 0 Å². The first-order valence-corrected chi connectivity index (χ1v) is 5.71. The van der Waals surface area contributed by atoms with Crippen molar-refractivity contribution in [1.82, 2.24) is 0 Å². The molecule has 0 heterocycles. The number of rotatable bonds is 3. The minimum atomic E-state index is -0.250. The lowest BCUT2D eigenvalue weighted by Gasteiger charge is -2.15. The minimum Gasteiger partial charge on any atom is -0.379 e. The van der Waals surface area contributed by atoms with Crippen LogP contribution in [-0.2, 0) is 0 Å². The molecular formula is C15H13FN2. The predicted octanol–water partition coefficient (Wildman–Crippen LogP) is 3.87. The highest BCUT2D eigenvalue weighted by atomic mass is 19.1. The van der Waals surface area contributed by atoms with E-state index in [-0.39, 0.29) is 11.9 Å². The van der Waals surface area contributed by atoms with E-state index in [4.69, 9.17) is 5.26 Å². The number of hydrogen-bond donors (Lipinski definition) is 1. The average Bonchev–Trinajstić information content (AvgIpc) is 2.41. The van der Waals surface area contributed by atoms with E-state index in [2.05, 4.69) is 11.4 Å². The second kappa shape index (κ2) is 5.33. The van der Waals surface area contributed by atoms with E-state index in [1.807, 2.05) is 25.1 Å². The number of anilines is 1. The van der Waals surface area contributed by atoms with Gasteiger partial charge in [-0.1, -0.05) is 12.1 Å². The van der Waals surface area contributed by atoms with E-state index in [9.17, 15) is 4.39 Å². The van der Waals surface area contributed by atoms with Crippen LogP contribution in [0.5, 0.6) is 0 Å². The third-order valence-electron chi connectivity index (χ3n) is 2.74. The van der Waals surface area contributed by atoms with Gasteiger partial charge in [0.15, 0.2) is 0 Å². The van der Waals surface area contributed by atoms with Gasteiger partial charge in [0.2, 0.25) is 0 Å². The highest BCUT2D eigenvalue weighted by molar-refractivity contribution is 5.46. The van der Waals surface area contributed by atoms with Crippen molar-refractivity contribution < 1.29 is 4.39 Å². The van der Waals surface area contributed by atoms with Crippen LogP contribution in [-0.4, -0.2) is 0 Å². The lowest BCUT2D eigenvalue weighted by molar-refractivity contribution is 0.628. The van der Waals surface area contributed by atoms with Gasteiger partial charge in [-0.2, -0.15) is 5.26 Å². The zero-order chi connectivity index (χ0) is 13.0. The lowest BCUT2D eigenvalue weighted by atomic mass is 10.1. The van der Waals surface area contributed by atoms with Gasteiger partial charge in [0.1, 0.15) is 5.82 Å². The fourth-order valence-electron chi connectivity index (χ4n) is 1.76. The Labute approximate surface area is 106 Å². The molecule has 0 aliphatic carbocycles. The van der Waals surface area contributed by atoms with Gasteiger partial charge < -0.3 is 5.32 Å². The molecule has 1 atom stereocenters. The second-order valence-electron chi connectivity index (χ2n) is 4.11. The van der Waals surface area contributed by atoms with Crippen molar-refractivity contribution in [3.8, 4) is 6.07 Å². The van der Waals surface area contributed by atoms with Gasteiger partial charge in [0.05, 0.1) is 11.6 Å². The number of hydrogen-bond acceptors (Lipinski definition) is 2. The van der Waals surface area contributed by atoms with Crippen LogP contribution in [0.2, 0.25) is 0 Å². The molecule has 0 saturated heterocycles. The Balaban J connectivity index is 2.14. The Morgan fingerprint density at radius 1 is 1.17 bits per heavy atom. The largest absolute Gasteiger partial charge is 0.379 e. The van der Waals surface area contributed by atoms with Crippen LogP contribution in [0.3, 0.4) is 0 Å². The molecular weight excluding hydrogens is 227 g/mol. The molecule has 0 aromatic heterocycles. The maximum absolute atomic E-state index is 12.8. The summed E-state index contributed by atoms with van der Waals surface area (Å²) in [5.41, 5.74) is 2.52. The van der Waals surface area contributed by atoms with Crippen LogP contribution in [0.15, 0.2) is 48.5 Å². The zero-order valence-electron chi connectivity index (χ0n) is 10.0. The molecule has 0 aliphatic heterocycles. The van der Waals surface area contributed by atoms with E-state index >= 15 is 0 Å². The molecule has 3 heteroatoms. The quantitative estimate of drug-likeness (QED) is 0.884. The van der Waals surface area contributed by atoms with Gasteiger partial charge in [0.25, 0.3) is 0 Å². The normalized spacial score (nSPS) is 11.6. The summed E-state index contributed by atoms with van der Waals surface area (Å²) in [5, 5.41) is 12.1. The second-order valence-corrected chi connectivity index (χ2v) is 4.11. The summed E-state index contributed by atoms with van der Waals surface area (Å²) in [6.07, 6.45) is 0. The minimum absolute atomic E-state index is 0.0590. The smallest absolute Gasteiger partial charge is 0.123 e. The average molecular weight is 240 g/mol. The molecule has 1 unspecified atom stereocenters. The Hall–Kier alpha value is -2.34. The maximum Gasteiger partial charge on any atom is 0.123 e. The van der Waals surface area contributed by atoms with Crippen molar-refractivity contribution in [2.45, 2.75) is 13.0 Å². The summed E-state index contributed by atoms with van der Waals surface area (Å²) in [5.74, 6) is -0.250. The SMILES string of the molecule is CC(Nc1ccc(F)cc1)c1cccc(C#N)c1. The maximum atomic E-state index is 12.8. The van der Waals surface area contributed by atoms with Gasteiger partial charge in [-0.05, 0) is 48.9 Å². The standard InChI is InChI=1S/C15H13FN2/c1-11(13-4-2-3-12(9-13)10-17)18-15-7-5-14(16)6-8-15/h2-9,11,18H,1H3. The summed E-state index contributed by atoms with van der Waals surface area (Å²) < 4.78 is 12.8. The molecule has 0 aliphatic rings. The van der Waals surface area contributed by atoms with Crippen LogP contribution < -0.4 is 5.32 Å². The van der Waals surface area contributed by atoms with Gasteiger partial charge >= 0.3 is 0 Å². The number of benzene rings is 2. The summed E-state index contributed by atoms with van der Waals surface area (Å²) in [7, 11) is 0. The molecule has 0 saturated carbocycles. The first-order valence-electron chi connectivity index (χ1n) is 5.71. The Bertz CT molecular complexity index is 570. The summed E-state index contributed by atoms with van der Waals surface area (Å²) in [6.45, 7) is 2.00. The molecule has 0 fully saturated rings. The van der Waals surface area contributed by atoms with Crippen LogP contribution in [0.1, 0.15) is 24.1 Å². The van der Waals surface area contributed by atoms with E-state index in [1.165, 1.54) is 12.1 Å². The summed E-state index contributed by atoms with van der Waals surface area (Å²) in [4.78, 5) is 0. The van der Waals surface area contributed by atoms with Crippen molar-refractivity contribution in [3.63, 3.8) is 0 Å². The van der Waals surface area contributed by atoms with Crippen LogP contribution in [0.25, 0.3) is 0 Å². The van der Waals surface area contributed by atoms with Crippen LogP contribution in [0, 0.1) is 17.1 Å². The molecule has 2 aromatic carbocycles. The monoisotopic (exact) mass is 240 g/mol. The molecule has 0 radical (unpaired) electrons.